The Morgan fingerprint density at radius 2 is 1.36 bits per heavy atom. The minimum atomic E-state index is 0.0425. The summed E-state index contributed by atoms with van der Waals surface area (Å²) in [6, 6.07) is 0. The molecule has 1 aromatic rings. The van der Waals surface area contributed by atoms with Gasteiger partial charge in [0.15, 0.2) is 0 Å². The molecule has 0 spiro atoms. The molecule has 0 radical (unpaired) electrons. The van der Waals surface area contributed by atoms with E-state index in [0.717, 1.165) is 0 Å². The summed E-state index contributed by atoms with van der Waals surface area (Å²) in [4.78, 5) is 10.9. The van der Waals surface area contributed by atoms with Crippen LogP contribution in [0.15, 0.2) is 0 Å². The van der Waals surface area contributed by atoms with Crippen molar-refractivity contribution in [1.82, 2.24) is 15.0 Å². The Balaban J connectivity index is 3.02. The van der Waals surface area contributed by atoms with Crippen LogP contribution in [0.5, 0.6) is 0 Å². The fraction of sp³-hybridized carbons (Fsp3) is 0. The van der Waals surface area contributed by atoms with E-state index in [4.69, 9.17) is 17.4 Å². The Hall–Kier alpha value is -1.67. The van der Waals surface area contributed by atoms with E-state index in [0.29, 0.717) is 0 Å². The van der Waals surface area contributed by atoms with Gasteiger partial charge in [0.25, 0.3) is 0 Å². The van der Waals surface area contributed by atoms with Crippen molar-refractivity contribution in [3.05, 3.63) is 0 Å². The van der Waals surface area contributed by atoms with Gasteiger partial charge in [-0.05, 0) is 0 Å². The van der Waals surface area contributed by atoms with Crippen LogP contribution in [0.2, 0.25) is 0 Å². The van der Waals surface area contributed by atoms with Crippen molar-refractivity contribution in [2.24, 2.45) is 11.7 Å². The Morgan fingerprint density at radius 1 is 0.909 bits per heavy atom. The Kier molecular flexibility index (Phi) is 1.99. The van der Waals surface area contributed by atoms with Gasteiger partial charge in [-0.1, -0.05) is 0 Å². The molecule has 0 bridgehead atoms. The van der Waals surface area contributed by atoms with Crippen LogP contribution in [0.1, 0.15) is 0 Å². The molecule has 11 heavy (non-hydrogen) atoms. The average molecular weight is 156 g/mol. The molecule has 1 heterocycles. The van der Waals surface area contributed by atoms with Crippen LogP contribution in [0.25, 0.3) is 0 Å². The lowest BCUT2D eigenvalue weighted by Gasteiger charge is -2.01. The number of rotatable bonds is 2. The normalized spacial score (nSPS) is 9.27. The Bertz CT molecular complexity index is 223. The Morgan fingerprint density at radius 3 is 1.73 bits per heavy atom. The van der Waals surface area contributed by atoms with Gasteiger partial charge in [0.05, 0.1) is 0 Å². The maximum atomic E-state index is 5.26. The van der Waals surface area contributed by atoms with Crippen LogP contribution in [0.3, 0.4) is 0 Å². The first kappa shape index (κ1) is 7.44. The number of hydrogen-bond donors (Lipinski definition) is 5. The van der Waals surface area contributed by atoms with Gasteiger partial charge < -0.3 is 5.73 Å². The zero-order valence-corrected chi connectivity index (χ0v) is 5.57. The first-order valence-corrected chi connectivity index (χ1v) is 2.71. The fourth-order valence-corrected chi connectivity index (χ4v) is 0.521. The van der Waals surface area contributed by atoms with E-state index in [1.54, 1.807) is 0 Å². The minimum Gasteiger partial charge on any atom is -0.368 e. The molecular formula is C3H8N8. The summed E-state index contributed by atoms with van der Waals surface area (Å²) in [5.74, 6) is 10.4. The van der Waals surface area contributed by atoms with Crippen molar-refractivity contribution in [1.29, 1.82) is 0 Å². The first-order valence-electron chi connectivity index (χ1n) is 2.71. The summed E-state index contributed by atoms with van der Waals surface area (Å²) >= 11 is 0. The van der Waals surface area contributed by atoms with E-state index in [2.05, 4.69) is 25.8 Å². The van der Waals surface area contributed by atoms with E-state index in [-0.39, 0.29) is 17.8 Å². The molecule has 60 valence electrons. The second kappa shape index (κ2) is 2.94. The number of hydrogen-bond acceptors (Lipinski definition) is 8. The van der Waals surface area contributed by atoms with Crippen LogP contribution in [0.4, 0.5) is 17.8 Å². The molecule has 1 aromatic heterocycles. The lowest BCUT2D eigenvalue weighted by atomic mass is 10.8. The molecule has 0 saturated carbocycles. The number of aromatic nitrogens is 3. The molecule has 8 heteroatoms. The zero-order valence-electron chi connectivity index (χ0n) is 5.57. The molecule has 0 aliphatic carbocycles. The molecule has 8 nitrogen and oxygen atoms in total. The summed E-state index contributed by atoms with van der Waals surface area (Å²) in [5, 5.41) is 0. The van der Waals surface area contributed by atoms with Gasteiger partial charge in [-0.3, -0.25) is 10.9 Å². The highest BCUT2D eigenvalue weighted by atomic mass is 15.4. The van der Waals surface area contributed by atoms with Gasteiger partial charge >= 0.3 is 0 Å². The zero-order chi connectivity index (χ0) is 8.27. The highest BCUT2D eigenvalue weighted by molar-refractivity contribution is 5.37. The molecule has 0 atom stereocenters. The molecule has 1 rings (SSSR count). The maximum absolute atomic E-state index is 5.26. The standard InChI is InChI=1S/C3H8N8/c4-1-7-2(10-5)9-3(8-1)11-6/h5-6H2,(H4,4,7,8,9,10,11). The summed E-state index contributed by atoms with van der Waals surface area (Å²) in [6.45, 7) is 0. The van der Waals surface area contributed by atoms with E-state index in [9.17, 15) is 0 Å². The van der Waals surface area contributed by atoms with Gasteiger partial charge in [-0.25, -0.2) is 11.7 Å². The third-order valence-electron chi connectivity index (χ3n) is 0.911. The number of anilines is 3. The largest absolute Gasteiger partial charge is 0.368 e. The second-order valence-corrected chi connectivity index (χ2v) is 1.63. The smallest absolute Gasteiger partial charge is 0.243 e. The van der Waals surface area contributed by atoms with Crippen molar-refractivity contribution in [2.75, 3.05) is 16.6 Å². The summed E-state index contributed by atoms with van der Waals surface area (Å²) < 4.78 is 0. The van der Waals surface area contributed by atoms with Crippen molar-refractivity contribution in [3.8, 4) is 0 Å². The summed E-state index contributed by atoms with van der Waals surface area (Å²) in [5.41, 5.74) is 9.67. The number of nitrogens with one attached hydrogen (secondary N) is 2. The van der Waals surface area contributed by atoms with E-state index >= 15 is 0 Å². The highest BCUT2D eigenvalue weighted by Gasteiger charge is 1.99. The summed E-state index contributed by atoms with van der Waals surface area (Å²) in [7, 11) is 0. The van der Waals surface area contributed by atoms with Crippen LogP contribution in [-0.4, -0.2) is 15.0 Å². The van der Waals surface area contributed by atoms with Crippen molar-refractivity contribution in [2.45, 2.75) is 0 Å². The highest BCUT2D eigenvalue weighted by Crippen LogP contribution is 2.02. The second-order valence-electron chi connectivity index (χ2n) is 1.63. The van der Waals surface area contributed by atoms with Crippen LogP contribution in [-0.2, 0) is 0 Å². The molecule has 0 amide bonds. The monoisotopic (exact) mass is 156 g/mol. The maximum Gasteiger partial charge on any atom is 0.243 e. The molecular weight excluding hydrogens is 148 g/mol. The van der Waals surface area contributed by atoms with Crippen molar-refractivity contribution >= 4 is 17.8 Å². The third-order valence-corrected chi connectivity index (χ3v) is 0.911. The molecule has 0 aromatic carbocycles. The van der Waals surface area contributed by atoms with Crippen molar-refractivity contribution < 1.29 is 0 Å². The van der Waals surface area contributed by atoms with Gasteiger partial charge in [-0.2, -0.15) is 15.0 Å². The SMILES string of the molecule is NNc1nc(N)nc(NN)n1. The van der Waals surface area contributed by atoms with E-state index in [1.165, 1.54) is 0 Å². The molecule has 0 saturated heterocycles. The quantitative estimate of drug-likeness (QED) is 0.245. The number of nitrogens with two attached hydrogens (primary N) is 3. The van der Waals surface area contributed by atoms with Gasteiger partial charge in [0.2, 0.25) is 17.8 Å². The molecule has 0 fully saturated rings. The lowest BCUT2D eigenvalue weighted by Crippen LogP contribution is -2.17. The Labute approximate surface area is 62.2 Å². The van der Waals surface area contributed by atoms with Crippen LogP contribution >= 0.6 is 0 Å². The molecule has 0 aliphatic rings. The predicted molar refractivity (Wildman–Crippen MR) is 39.9 cm³/mol. The lowest BCUT2D eigenvalue weighted by molar-refractivity contribution is 1.03. The molecule has 8 N–H and O–H groups in total. The van der Waals surface area contributed by atoms with E-state index in [1.807, 2.05) is 0 Å². The topological polar surface area (TPSA) is 141 Å². The number of nitrogen functional groups attached to an aromatic ring is 3. The predicted octanol–water partition coefficient (Wildman–Crippen LogP) is -1.98. The molecule has 0 unspecified atom stereocenters. The van der Waals surface area contributed by atoms with Crippen molar-refractivity contribution in [3.63, 3.8) is 0 Å². The third kappa shape index (κ3) is 1.63. The number of nitrogens with zero attached hydrogens (tertiary/aromatic N) is 3. The van der Waals surface area contributed by atoms with Gasteiger partial charge in [0, 0.05) is 0 Å². The van der Waals surface area contributed by atoms with E-state index < -0.39 is 0 Å². The van der Waals surface area contributed by atoms with Crippen LogP contribution in [0, 0.1) is 0 Å². The van der Waals surface area contributed by atoms with Gasteiger partial charge in [-0.15, -0.1) is 0 Å². The van der Waals surface area contributed by atoms with Gasteiger partial charge in [0.1, 0.15) is 0 Å². The first-order chi connectivity index (χ1) is 5.26. The minimum absolute atomic E-state index is 0.0425. The number of hydrazine groups is 2. The van der Waals surface area contributed by atoms with Crippen LogP contribution < -0.4 is 28.3 Å². The summed E-state index contributed by atoms with van der Waals surface area (Å²) in [6.07, 6.45) is 0. The molecule has 0 aliphatic heterocycles. The fourth-order valence-electron chi connectivity index (χ4n) is 0.521. The average Bonchev–Trinajstić information content (AvgIpc) is 2.03.